The van der Waals surface area contributed by atoms with Gasteiger partial charge >= 0.3 is 12.0 Å². The maximum absolute atomic E-state index is 12.9. The third-order valence-corrected chi connectivity index (χ3v) is 4.43. The van der Waals surface area contributed by atoms with Crippen LogP contribution in [-0.2, 0) is 9.53 Å². The molecule has 0 saturated carbocycles. The van der Waals surface area contributed by atoms with Crippen molar-refractivity contribution in [1.29, 1.82) is 0 Å². The summed E-state index contributed by atoms with van der Waals surface area (Å²) >= 11 is 0. The first-order chi connectivity index (χ1) is 14.0. The Labute approximate surface area is 170 Å². The molecular formula is C23H26N2O4. The maximum Gasteiger partial charge on any atom is 0.338 e. The third-order valence-electron chi connectivity index (χ3n) is 4.43. The zero-order chi connectivity index (χ0) is 20.8. The first-order valence-electron chi connectivity index (χ1n) is 9.77. The fraction of sp³-hybridized carbons (Fsp3) is 0.304. The van der Waals surface area contributed by atoms with E-state index in [1.54, 1.807) is 6.92 Å². The predicted molar refractivity (Wildman–Crippen MR) is 111 cm³/mol. The van der Waals surface area contributed by atoms with Gasteiger partial charge in [-0.05, 0) is 24.5 Å². The first kappa shape index (κ1) is 20.5. The minimum atomic E-state index is -0.693. The second-order valence-corrected chi connectivity index (χ2v) is 7.15. The van der Waals surface area contributed by atoms with Gasteiger partial charge < -0.3 is 20.1 Å². The van der Waals surface area contributed by atoms with Gasteiger partial charge in [0.15, 0.2) is 0 Å². The van der Waals surface area contributed by atoms with E-state index >= 15 is 0 Å². The van der Waals surface area contributed by atoms with Crippen molar-refractivity contribution in [3.63, 3.8) is 0 Å². The van der Waals surface area contributed by atoms with Crippen LogP contribution < -0.4 is 15.4 Å². The Balaban J connectivity index is 2.14. The molecule has 2 aromatic carbocycles. The van der Waals surface area contributed by atoms with Gasteiger partial charge in [0, 0.05) is 5.56 Å². The second-order valence-electron chi connectivity index (χ2n) is 7.15. The number of para-hydroxylation sites is 1. The minimum absolute atomic E-state index is 0.233. The maximum atomic E-state index is 12.9. The number of benzene rings is 2. The number of nitrogens with one attached hydrogen (secondary N) is 2. The Morgan fingerprint density at radius 3 is 2.45 bits per heavy atom. The molecule has 1 atom stereocenters. The molecule has 0 radical (unpaired) electrons. The Hall–Kier alpha value is -3.28. The molecule has 2 aromatic rings. The average molecular weight is 394 g/mol. The van der Waals surface area contributed by atoms with E-state index in [9.17, 15) is 9.59 Å². The predicted octanol–water partition coefficient (Wildman–Crippen LogP) is 4.05. The van der Waals surface area contributed by atoms with E-state index in [0.29, 0.717) is 35.1 Å². The molecule has 6 nitrogen and oxygen atoms in total. The quantitative estimate of drug-likeness (QED) is 0.695. The molecule has 29 heavy (non-hydrogen) atoms. The lowest BCUT2D eigenvalue weighted by Crippen LogP contribution is -2.45. The number of carbonyl (C=O) groups excluding carboxylic acids is 2. The number of ether oxygens (including phenoxy) is 2. The lowest BCUT2D eigenvalue weighted by molar-refractivity contribution is -0.138. The lowest BCUT2D eigenvalue weighted by atomic mass is 9.92. The number of carbonyl (C=O) groups is 2. The summed E-state index contributed by atoms with van der Waals surface area (Å²) in [5.74, 6) is 0.482. The summed E-state index contributed by atoms with van der Waals surface area (Å²) in [4.78, 5) is 25.4. The van der Waals surface area contributed by atoms with Crippen molar-refractivity contribution < 1.29 is 19.1 Å². The molecule has 1 unspecified atom stereocenters. The summed E-state index contributed by atoms with van der Waals surface area (Å²) in [5, 5.41) is 5.64. The average Bonchev–Trinajstić information content (AvgIpc) is 2.72. The molecule has 2 amide bonds. The molecule has 1 aliphatic rings. The van der Waals surface area contributed by atoms with Gasteiger partial charge in [0.1, 0.15) is 5.75 Å². The van der Waals surface area contributed by atoms with Crippen LogP contribution in [0, 0.1) is 5.92 Å². The van der Waals surface area contributed by atoms with Gasteiger partial charge in [-0.1, -0.05) is 62.4 Å². The molecule has 0 bridgehead atoms. The van der Waals surface area contributed by atoms with E-state index in [0.717, 1.165) is 5.56 Å². The number of amides is 2. The van der Waals surface area contributed by atoms with Crippen LogP contribution in [0.5, 0.6) is 5.75 Å². The topological polar surface area (TPSA) is 76.7 Å². The van der Waals surface area contributed by atoms with Crippen LogP contribution >= 0.6 is 0 Å². The first-order valence-corrected chi connectivity index (χ1v) is 9.77. The third kappa shape index (κ3) is 4.77. The van der Waals surface area contributed by atoms with Crippen molar-refractivity contribution in [2.75, 3.05) is 13.2 Å². The van der Waals surface area contributed by atoms with Crippen LogP contribution in [0.15, 0.2) is 60.2 Å². The fourth-order valence-electron chi connectivity index (χ4n) is 3.17. The van der Waals surface area contributed by atoms with Gasteiger partial charge in [0.25, 0.3) is 0 Å². The van der Waals surface area contributed by atoms with Gasteiger partial charge in [0.2, 0.25) is 0 Å². The molecule has 1 heterocycles. The summed E-state index contributed by atoms with van der Waals surface area (Å²) in [6, 6.07) is 15.6. The van der Waals surface area contributed by atoms with Crippen molar-refractivity contribution in [2.45, 2.75) is 26.8 Å². The Morgan fingerprint density at radius 2 is 1.76 bits per heavy atom. The summed E-state index contributed by atoms with van der Waals surface area (Å²) in [6.45, 7) is 6.64. The van der Waals surface area contributed by atoms with Gasteiger partial charge in [-0.3, -0.25) is 0 Å². The highest BCUT2D eigenvalue weighted by Gasteiger charge is 2.35. The second kappa shape index (κ2) is 9.28. The normalized spacial score (nSPS) is 16.3. The monoisotopic (exact) mass is 394 g/mol. The smallest absolute Gasteiger partial charge is 0.338 e. The van der Waals surface area contributed by atoms with E-state index in [1.165, 1.54) is 0 Å². The molecule has 0 aliphatic carbocycles. The fourth-order valence-corrected chi connectivity index (χ4v) is 3.17. The van der Waals surface area contributed by atoms with Gasteiger partial charge in [0.05, 0.1) is 30.5 Å². The molecule has 6 heteroatoms. The standard InChI is InChI=1S/C23H26N2O4/c1-4-28-22(26)19-20(16-10-6-5-7-11-16)24-23(27)25-21(19)17-12-8-9-13-18(17)29-14-15(2)3/h5-13,15,21H,4,14H2,1-3H3,(H2,24,25,27). The number of esters is 1. The summed E-state index contributed by atoms with van der Waals surface area (Å²) in [5.41, 5.74) is 2.23. The summed E-state index contributed by atoms with van der Waals surface area (Å²) in [6.07, 6.45) is 0. The van der Waals surface area contributed by atoms with E-state index in [-0.39, 0.29) is 12.6 Å². The van der Waals surface area contributed by atoms with Crippen molar-refractivity contribution in [3.8, 4) is 5.75 Å². The van der Waals surface area contributed by atoms with E-state index < -0.39 is 12.0 Å². The number of hydrogen-bond donors (Lipinski definition) is 2. The van der Waals surface area contributed by atoms with Crippen LogP contribution in [0.2, 0.25) is 0 Å². The SMILES string of the molecule is CCOC(=O)C1=C(c2ccccc2)NC(=O)NC1c1ccccc1OCC(C)C. The molecule has 0 spiro atoms. The molecular weight excluding hydrogens is 368 g/mol. The lowest BCUT2D eigenvalue weighted by Gasteiger charge is -2.30. The zero-order valence-corrected chi connectivity index (χ0v) is 16.9. The molecule has 2 N–H and O–H groups in total. The Kier molecular flexibility index (Phi) is 6.54. The van der Waals surface area contributed by atoms with Crippen LogP contribution in [-0.4, -0.2) is 25.2 Å². The van der Waals surface area contributed by atoms with E-state index in [2.05, 4.69) is 24.5 Å². The van der Waals surface area contributed by atoms with Crippen LogP contribution in [0.25, 0.3) is 5.70 Å². The minimum Gasteiger partial charge on any atom is -0.493 e. The summed E-state index contributed by atoms with van der Waals surface area (Å²) in [7, 11) is 0. The van der Waals surface area contributed by atoms with Crippen LogP contribution in [0.3, 0.4) is 0 Å². The highest BCUT2D eigenvalue weighted by Crippen LogP contribution is 2.36. The zero-order valence-electron chi connectivity index (χ0n) is 16.9. The van der Waals surface area contributed by atoms with Crippen molar-refractivity contribution in [3.05, 3.63) is 71.3 Å². The van der Waals surface area contributed by atoms with Crippen molar-refractivity contribution in [1.82, 2.24) is 10.6 Å². The molecule has 0 fully saturated rings. The largest absolute Gasteiger partial charge is 0.493 e. The summed E-state index contributed by atoms with van der Waals surface area (Å²) < 4.78 is 11.3. The number of hydrogen-bond acceptors (Lipinski definition) is 4. The molecule has 3 rings (SSSR count). The molecule has 152 valence electrons. The van der Waals surface area contributed by atoms with Gasteiger partial charge in [-0.15, -0.1) is 0 Å². The number of rotatable bonds is 7. The molecule has 1 aliphatic heterocycles. The highest BCUT2D eigenvalue weighted by atomic mass is 16.5. The van der Waals surface area contributed by atoms with Crippen molar-refractivity contribution >= 4 is 17.7 Å². The van der Waals surface area contributed by atoms with Gasteiger partial charge in [-0.2, -0.15) is 0 Å². The van der Waals surface area contributed by atoms with Crippen molar-refractivity contribution in [2.24, 2.45) is 5.92 Å². The Morgan fingerprint density at radius 1 is 1.07 bits per heavy atom. The van der Waals surface area contributed by atoms with E-state index in [1.807, 2.05) is 54.6 Å². The number of urea groups is 1. The van der Waals surface area contributed by atoms with Crippen LogP contribution in [0.1, 0.15) is 37.9 Å². The molecule has 0 aromatic heterocycles. The van der Waals surface area contributed by atoms with E-state index in [4.69, 9.17) is 9.47 Å². The van der Waals surface area contributed by atoms with Crippen LogP contribution in [0.4, 0.5) is 4.79 Å². The van der Waals surface area contributed by atoms with Gasteiger partial charge in [-0.25, -0.2) is 9.59 Å². The Bertz CT molecular complexity index is 906. The molecule has 0 saturated heterocycles. The highest BCUT2D eigenvalue weighted by molar-refractivity contribution is 6.04.